The molecule has 3 rings (SSSR count). The first-order chi connectivity index (χ1) is 11.2. The molecule has 5 nitrogen and oxygen atoms in total. The van der Waals surface area contributed by atoms with Gasteiger partial charge in [0.1, 0.15) is 11.9 Å². The zero-order valence-corrected chi connectivity index (χ0v) is 13.9. The predicted molar refractivity (Wildman–Crippen MR) is 90.7 cm³/mol. The summed E-state index contributed by atoms with van der Waals surface area (Å²) in [5, 5.41) is 10.4. The summed E-state index contributed by atoms with van der Waals surface area (Å²) in [5.74, 6) is 0.759. The van der Waals surface area contributed by atoms with Crippen molar-refractivity contribution in [3.8, 4) is 6.07 Å². The summed E-state index contributed by atoms with van der Waals surface area (Å²) in [6.07, 6.45) is 4.96. The second-order valence-corrected chi connectivity index (χ2v) is 6.15. The van der Waals surface area contributed by atoms with Crippen LogP contribution in [-0.4, -0.2) is 41.0 Å². The molecule has 3 heterocycles. The van der Waals surface area contributed by atoms with Crippen LogP contribution >= 0.6 is 23.2 Å². The van der Waals surface area contributed by atoms with Crippen molar-refractivity contribution in [2.24, 2.45) is 0 Å². The maximum absolute atomic E-state index is 9.19. The molecule has 0 radical (unpaired) electrons. The zero-order valence-electron chi connectivity index (χ0n) is 12.4. The van der Waals surface area contributed by atoms with Gasteiger partial charge in [-0.1, -0.05) is 23.2 Å². The van der Waals surface area contributed by atoms with E-state index in [0.29, 0.717) is 22.2 Å². The van der Waals surface area contributed by atoms with Crippen molar-refractivity contribution >= 4 is 29.0 Å². The Labute approximate surface area is 145 Å². The quantitative estimate of drug-likeness (QED) is 0.854. The minimum absolute atomic E-state index is 0.594. The third-order valence-electron chi connectivity index (χ3n) is 3.91. The summed E-state index contributed by atoms with van der Waals surface area (Å²) in [4.78, 5) is 12.8. The maximum Gasteiger partial charge on any atom is 0.146 e. The topological polar surface area (TPSA) is 56.1 Å². The van der Waals surface area contributed by atoms with Gasteiger partial charge in [-0.3, -0.25) is 9.88 Å². The Bertz CT molecular complexity index is 715. The van der Waals surface area contributed by atoms with Crippen molar-refractivity contribution in [2.75, 3.05) is 31.1 Å². The monoisotopic (exact) mass is 347 g/mol. The Balaban J connectivity index is 1.66. The molecule has 1 saturated heterocycles. The molecule has 0 saturated carbocycles. The standard InChI is InChI=1S/C16H15Cl2N5/c17-14-9-20-10-15(18)13(14)11-22-4-6-23(7-5-22)16-12(8-19)2-1-3-21-16/h1-3,9-10H,4-7,11H2. The van der Waals surface area contributed by atoms with Crippen molar-refractivity contribution in [1.29, 1.82) is 5.26 Å². The number of nitriles is 1. The molecule has 7 heteroatoms. The van der Waals surface area contributed by atoms with E-state index in [1.165, 1.54) is 0 Å². The third-order valence-corrected chi connectivity index (χ3v) is 4.56. The Kier molecular flexibility index (Phi) is 4.97. The van der Waals surface area contributed by atoms with Crippen LogP contribution in [0.4, 0.5) is 5.82 Å². The summed E-state index contributed by atoms with van der Waals surface area (Å²) in [7, 11) is 0. The largest absolute Gasteiger partial charge is 0.353 e. The molecule has 1 aliphatic heterocycles. The summed E-state index contributed by atoms with van der Waals surface area (Å²) >= 11 is 12.4. The number of aromatic nitrogens is 2. The number of hydrogen-bond donors (Lipinski definition) is 0. The molecule has 0 atom stereocenters. The average molecular weight is 348 g/mol. The van der Waals surface area contributed by atoms with E-state index in [0.717, 1.165) is 37.6 Å². The third kappa shape index (κ3) is 3.56. The van der Waals surface area contributed by atoms with Crippen LogP contribution in [0.15, 0.2) is 30.7 Å². The van der Waals surface area contributed by atoms with E-state index in [-0.39, 0.29) is 0 Å². The normalized spacial score (nSPS) is 15.4. The number of anilines is 1. The first-order valence-electron chi connectivity index (χ1n) is 7.29. The molecule has 1 aliphatic rings. The Morgan fingerprint density at radius 2 is 1.83 bits per heavy atom. The van der Waals surface area contributed by atoms with Gasteiger partial charge in [-0.15, -0.1) is 0 Å². The molecule has 118 valence electrons. The van der Waals surface area contributed by atoms with Crippen LogP contribution < -0.4 is 4.90 Å². The number of pyridine rings is 2. The second-order valence-electron chi connectivity index (χ2n) is 5.33. The highest BCUT2D eigenvalue weighted by Gasteiger charge is 2.21. The highest BCUT2D eigenvalue weighted by Crippen LogP contribution is 2.25. The Morgan fingerprint density at radius 3 is 2.48 bits per heavy atom. The van der Waals surface area contributed by atoms with E-state index in [2.05, 4.69) is 25.8 Å². The van der Waals surface area contributed by atoms with Crippen molar-refractivity contribution in [2.45, 2.75) is 6.54 Å². The van der Waals surface area contributed by atoms with Crippen LogP contribution in [0, 0.1) is 11.3 Å². The van der Waals surface area contributed by atoms with Crippen LogP contribution in [0.2, 0.25) is 10.0 Å². The molecule has 23 heavy (non-hydrogen) atoms. The lowest BCUT2D eigenvalue weighted by atomic mass is 10.2. The molecule has 0 unspecified atom stereocenters. The first kappa shape index (κ1) is 16.0. The number of nitrogens with zero attached hydrogens (tertiary/aromatic N) is 5. The van der Waals surface area contributed by atoms with Gasteiger partial charge in [-0.25, -0.2) is 4.98 Å². The van der Waals surface area contributed by atoms with Crippen molar-refractivity contribution in [3.05, 3.63) is 51.9 Å². The summed E-state index contributed by atoms with van der Waals surface area (Å²) < 4.78 is 0. The molecule has 2 aromatic rings. The summed E-state index contributed by atoms with van der Waals surface area (Å²) in [6, 6.07) is 5.78. The predicted octanol–water partition coefficient (Wildman–Crippen LogP) is 2.98. The van der Waals surface area contributed by atoms with Gasteiger partial charge in [0.15, 0.2) is 0 Å². The lowest BCUT2D eigenvalue weighted by Crippen LogP contribution is -2.46. The van der Waals surface area contributed by atoms with E-state index >= 15 is 0 Å². The molecule has 1 fully saturated rings. The smallest absolute Gasteiger partial charge is 0.146 e. The maximum atomic E-state index is 9.19. The Morgan fingerprint density at radius 1 is 1.13 bits per heavy atom. The molecule has 0 aliphatic carbocycles. The molecule has 0 bridgehead atoms. The van der Waals surface area contributed by atoms with E-state index in [9.17, 15) is 5.26 Å². The lowest BCUT2D eigenvalue weighted by Gasteiger charge is -2.35. The van der Waals surface area contributed by atoms with Crippen LogP contribution in [0.1, 0.15) is 11.1 Å². The molecule has 0 amide bonds. The highest BCUT2D eigenvalue weighted by molar-refractivity contribution is 6.35. The molecular weight excluding hydrogens is 333 g/mol. The summed E-state index contributed by atoms with van der Waals surface area (Å²) in [6.45, 7) is 4.03. The fourth-order valence-electron chi connectivity index (χ4n) is 2.67. The van der Waals surface area contributed by atoms with Gasteiger partial charge in [0.25, 0.3) is 0 Å². The Hall–Kier alpha value is -1.87. The van der Waals surface area contributed by atoms with Gasteiger partial charge in [-0.05, 0) is 12.1 Å². The number of rotatable bonds is 3. The summed E-state index contributed by atoms with van der Waals surface area (Å²) in [5.41, 5.74) is 1.52. The van der Waals surface area contributed by atoms with Gasteiger partial charge in [-0.2, -0.15) is 5.26 Å². The minimum Gasteiger partial charge on any atom is -0.353 e. The van der Waals surface area contributed by atoms with Gasteiger partial charge in [0.2, 0.25) is 0 Å². The molecule has 2 aromatic heterocycles. The average Bonchev–Trinajstić information content (AvgIpc) is 2.59. The van der Waals surface area contributed by atoms with Crippen molar-refractivity contribution < 1.29 is 0 Å². The number of piperazine rings is 1. The highest BCUT2D eigenvalue weighted by atomic mass is 35.5. The molecule has 0 N–H and O–H groups in total. The minimum atomic E-state index is 0.594. The van der Waals surface area contributed by atoms with Crippen molar-refractivity contribution in [1.82, 2.24) is 14.9 Å². The SMILES string of the molecule is N#Cc1cccnc1N1CCN(Cc2c(Cl)cncc2Cl)CC1. The second kappa shape index (κ2) is 7.14. The molecular formula is C16H15Cl2N5. The first-order valence-corrected chi connectivity index (χ1v) is 8.05. The van der Waals surface area contributed by atoms with E-state index in [1.54, 1.807) is 30.7 Å². The fourth-order valence-corrected chi connectivity index (χ4v) is 3.15. The molecule has 0 aromatic carbocycles. The van der Waals surface area contributed by atoms with E-state index in [4.69, 9.17) is 23.2 Å². The van der Waals surface area contributed by atoms with Crippen LogP contribution in [0.3, 0.4) is 0 Å². The fraction of sp³-hybridized carbons (Fsp3) is 0.312. The number of halogens is 2. The van der Waals surface area contributed by atoms with E-state index in [1.807, 2.05) is 0 Å². The van der Waals surface area contributed by atoms with Gasteiger partial charge in [0, 0.05) is 56.9 Å². The van der Waals surface area contributed by atoms with Crippen molar-refractivity contribution in [3.63, 3.8) is 0 Å². The van der Waals surface area contributed by atoms with Crippen LogP contribution in [0.5, 0.6) is 0 Å². The molecule has 0 spiro atoms. The van der Waals surface area contributed by atoms with Crippen LogP contribution in [0.25, 0.3) is 0 Å². The van der Waals surface area contributed by atoms with E-state index < -0.39 is 0 Å². The van der Waals surface area contributed by atoms with Gasteiger partial charge < -0.3 is 4.90 Å². The van der Waals surface area contributed by atoms with Crippen LogP contribution in [-0.2, 0) is 6.54 Å². The lowest BCUT2D eigenvalue weighted by molar-refractivity contribution is 0.249. The van der Waals surface area contributed by atoms with Gasteiger partial charge >= 0.3 is 0 Å². The van der Waals surface area contributed by atoms with Gasteiger partial charge in [0.05, 0.1) is 15.6 Å². The number of hydrogen-bond acceptors (Lipinski definition) is 5. The zero-order chi connectivity index (χ0) is 16.2.